The highest BCUT2D eigenvalue weighted by Crippen LogP contribution is 2.11. The number of hydrogen-bond acceptors (Lipinski definition) is 2. The van der Waals surface area contributed by atoms with Crippen LogP contribution in [0.5, 0.6) is 0 Å². The summed E-state index contributed by atoms with van der Waals surface area (Å²) >= 11 is 1.78. The van der Waals surface area contributed by atoms with Crippen LogP contribution >= 0.6 is 11.8 Å². The summed E-state index contributed by atoms with van der Waals surface area (Å²) in [6.45, 7) is 4.51. The monoisotopic (exact) mass is 255 g/mol. The normalized spacial score (nSPS) is 12.2. The number of carbonyl (C=O) groups is 1. The first-order valence-corrected chi connectivity index (χ1v) is 6.90. The van der Waals surface area contributed by atoms with E-state index in [0.29, 0.717) is 22.9 Å². The molecule has 0 radical (unpaired) electrons. The summed E-state index contributed by atoms with van der Waals surface area (Å²) in [4.78, 5) is 11.8. The Morgan fingerprint density at radius 3 is 2.82 bits per heavy atom. The van der Waals surface area contributed by atoms with Crippen LogP contribution in [0, 0.1) is 12.7 Å². The maximum Gasteiger partial charge on any atom is 0.251 e. The summed E-state index contributed by atoms with van der Waals surface area (Å²) in [5.41, 5.74) is 1.21. The number of thioether (sulfide) groups is 1. The van der Waals surface area contributed by atoms with Crippen LogP contribution in [0.4, 0.5) is 4.39 Å². The second-order valence-corrected chi connectivity index (χ2v) is 5.33. The van der Waals surface area contributed by atoms with Gasteiger partial charge in [-0.1, -0.05) is 6.92 Å². The third-order valence-corrected chi connectivity index (χ3v) is 3.71. The van der Waals surface area contributed by atoms with Gasteiger partial charge in [-0.2, -0.15) is 11.8 Å². The highest BCUT2D eigenvalue weighted by atomic mass is 32.2. The van der Waals surface area contributed by atoms with Crippen molar-refractivity contribution in [3.05, 3.63) is 35.1 Å². The topological polar surface area (TPSA) is 29.1 Å². The second kappa shape index (κ2) is 6.64. The SMILES string of the molecule is CSC(C)CCNC(=O)c1ccc(F)cc1C. The molecule has 2 nitrogen and oxygen atoms in total. The van der Waals surface area contributed by atoms with Crippen LogP contribution in [0.2, 0.25) is 0 Å². The van der Waals surface area contributed by atoms with E-state index in [2.05, 4.69) is 18.5 Å². The molecule has 0 saturated carbocycles. The van der Waals surface area contributed by atoms with E-state index in [4.69, 9.17) is 0 Å². The van der Waals surface area contributed by atoms with Crippen LogP contribution < -0.4 is 5.32 Å². The molecule has 0 aromatic heterocycles. The molecule has 0 aliphatic carbocycles. The van der Waals surface area contributed by atoms with Gasteiger partial charge in [0.25, 0.3) is 5.91 Å². The van der Waals surface area contributed by atoms with Gasteiger partial charge in [0.05, 0.1) is 0 Å². The van der Waals surface area contributed by atoms with Crippen molar-refractivity contribution in [2.24, 2.45) is 0 Å². The van der Waals surface area contributed by atoms with Gasteiger partial charge in [-0.3, -0.25) is 4.79 Å². The minimum absolute atomic E-state index is 0.129. The average molecular weight is 255 g/mol. The molecule has 0 fully saturated rings. The summed E-state index contributed by atoms with van der Waals surface area (Å²) in [6, 6.07) is 4.21. The van der Waals surface area contributed by atoms with Crippen molar-refractivity contribution < 1.29 is 9.18 Å². The zero-order chi connectivity index (χ0) is 12.8. The summed E-state index contributed by atoms with van der Waals surface area (Å²) < 4.78 is 12.9. The van der Waals surface area contributed by atoms with Gasteiger partial charge in [-0.15, -0.1) is 0 Å². The van der Waals surface area contributed by atoms with Crippen molar-refractivity contribution >= 4 is 17.7 Å². The molecule has 0 heterocycles. The molecule has 0 aliphatic rings. The predicted molar refractivity (Wildman–Crippen MR) is 71.1 cm³/mol. The van der Waals surface area contributed by atoms with Crippen LogP contribution in [0.3, 0.4) is 0 Å². The number of aryl methyl sites for hydroxylation is 1. The number of hydrogen-bond donors (Lipinski definition) is 1. The minimum Gasteiger partial charge on any atom is -0.352 e. The molecule has 0 bridgehead atoms. The minimum atomic E-state index is -0.310. The standard InChI is InChI=1S/C13H18FNOS/c1-9-8-11(14)4-5-12(9)13(16)15-7-6-10(2)17-3/h4-5,8,10H,6-7H2,1-3H3,(H,15,16). The summed E-state index contributed by atoms with van der Waals surface area (Å²) in [5.74, 6) is -0.439. The largest absolute Gasteiger partial charge is 0.352 e. The van der Waals surface area contributed by atoms with Gasteiger partial charge in [-0.05, 0) is 43.4 Å². The van der Waals surface area contributed by atoms with E-state index in [0.717, 1.165) is 6.42 Å². The van der Waals surface area contributed by atoms with Crippen molar-refractivity contribution in [2.75, 3.05) is 12.8 Å². The molecule has 0 aliphatic heterocycles. The second-order valence-electron chi connectivity index (χ2n) is 4.05. The number of carbonyl (C=O) groups excluding carboxylic acids is 1. The van der Waals surface area contributed by atoms with Gasteiger partial charge < -0.3 is 5.32 Å². The summed E-state index contributed by atoms with van der Waals surface area (Å²) in [6.07, 6.45) is 2.99. The smallest absolute Gasteiger partial charge is 0.251 e. The average Bonchev–Trinajstić information content (AvgIpc) is 2.28. The molecular formula is C13H18FNOS. The Balaban J connectivity index is 2.52. The zero-order valence-corrected chi connectivity index (χ0v) is 11.2. The first-order chi connectivity index (χ1) is 8.04. The van der Waals surface area contributed by atoms with Crippen molar-refractivity contribution in [3.63, 3.8) is 0 Å². The van der Waals surface area contributed by atoms with Crippen LogP contribution in [0.15, 0.2) is 18.2 Å². The molecule has 1 amide bonds. The first kappa shape index (κ1) is 14.0. The fraction of sp³-hybridized carbons (Fsp3) is 0.462. The van der Waals surface area contributed by atoms with Crippen molar-refractivity contribution in [1.82, 2.24) is 5.32 Å². The number of rotatable bonds is 5. The Morgan fingerprint density at radius 2 is 2.24 bits per heavy atom. The number of nitrogens with one attached hydrogen (secondary N) is 1. The Labute approximate surface area is 106 Å². The van der Waals surface area contributed by atoms with E-state index in [1.165, 1.54) is 18.2 Å². The van der Waals surface area contributed by atoms with Crippen LogP contribution in [-0.4, -0.2) is 24.0 Å². The van der Waals surface area contributed by atoms with E-state index in [9.17, 15) is 9.18 Å². The van der Waals surface area contributed by atoms with Crippen molar-refractivity contribution in [1.29, 1.82) is 0 Å². The number of benzene rings is 1. The lowest BCUT2D eigenvalue weighted by molar-refractivity contribution is 0.0952. The van der Waals surface area contributed by atoms with Gasteiger partial charge in [0.2, 0.25) is 0 Å². The van der Waals surface area contributed by atoms with E-state index in [1.807, 2.05) is 0 Å². The maximum absolute atomic E-state index is 12.9. The van der Waals surface area contributed by atoms with Gasteiger partial charge in [-0.25, -0.2) is 4.39 Å². The van der Waals surface area contributed by atoms with Gasteiger partial charge in [0.1, 0.15) is 5.82 Å². The van der Waals surface area contributed by atoms with E-state index in [1.54, 1.807) is 18.7 Å². The number of halogens is 1. The zero-order valence-electron chi connectivity index (χ0n) is 10.4. The lowest BCUT2D eigenvalue weighted by Crippen LogP contribution is -2.26. The molecule has 17 heavy (non-hydrogen) atoms. The molecule has 0 spiro atoms. The third-order valence-electron chi connectivity index (χ3n) is 2.67. The molecule has 1 unspecified atom stereocenters. The lowest BCUT2D eigenvalue weighted by atomic mass is 10.1. The van der Waals surface area contributed by atoms with E-state index < -0.39 is 0 Å². The lowest BCUT2D eigenvalue weighted by Gasteiger charge is -2.10. The Hall–Kier alpha value is -1.03. The molecule has 1 rings (SSSR count). The maximum atomic E-state index is 12.9. The first-order valence-electron chi connectivity index (χ1n) is 5.61. The molecule has 1 aromatic carbocycles. The van der Waals surface area contributed by atoms with Gasteiger partial charge in [0.15, 0.2) is 0 Å². The fourth-order valence-corrected chi connectivity index (χ4v) is 1.84. The highest BCUT2D eigenvalue weighted by molar-refractivity contribution is 7.99. The molecule has 1 aromatic rings. The highest BCUT2D eigenvalue weighted by Gasteiger charge is 2.09. The van der Waals surface area contributed by atoms with Crippen molar-refractivity contribution in [3.8, 4) is 0 Å². The summed E-state index contributed by atoms with van der Waals surface area (Å²) in [5, 5.41) is 3.38. The van der Waals surface area contributed by atoms with Gasteiger partial charge in [0, 0.05) is 17.4 Å². The van der Waals surface area contributed by atoms with Crippen LogP contribution in [-0.2, 0) is 0 Å². The van der Waals surface area contributed by atoms with Gasteiger partial charge >= 0.3 is 0 Å². The van der Waals surface area contributed by atoms with E-state index in [-0.39, 0.29) is 11.7 Å². The van der Waals surface area contributed by atoms with E-state index >= 15 is 0 Å². The predicted octanol–water partition coefficient (Wildman–Crippen LogP) is 3.01. The molecule has 1 N–H and O–H groups in total. The molecule has 1 atom stereocenters. The van der Waals surface area contributed by atoms with Crippen LogP contribution in [0.1, 0.15) is 29.3 Å². The Morgan fingerprint density at radius 1 is 1.53 bits per heavy atom. The quantitative estimate of drug-likeness (QED) is 0.876. The summed E-state index contributed by atoms with van der Waals surface area (Å²) in [7, 11) is 0. The number of amides is 1. The molecular weight excluding hydrogens is 237 g/mol. The molecule has 0 saturated heterocycles. The Kier molecular flexibility index (Phi) is 5.48. The van der Waals surface area contributed by atoms with Crippen molar-refractivity contribution in [2.45, 2.75) is 25.5 Å². The fourth-order valence-electron chi connectivity index (χ4n) is 1.48. The van der Waals surface area contributed by atoms with Crippen LogP contribution in [0.25, 0.3) is 0 Å². The molecule has 94 valence electrons. The molecule has 4 heteroatoms. The third kappa shape index (κ3) is 4.38. The Bertz CT molecular complexity index is 395.